The molecule has 1 N–H and O–H groups in total. The van der Waals surface area contributed by atoms with Gasteiger partial charge in [-0.2, -0.15) is 0 Å². The van der Waals surface area contributed by atoms with Gasteiger partial charge in [0.2, 0.25) is 0 Å². The number of urea groups is 1. The summed E-state index contributed by atoms with van der Waals surface area (Å²) >= 11 is 0. The monoisotopic (exact) mass is 284 g/mol. The molecule has 0 radical (unpaired) electrons. The number of rotatable bonds is 4. The molecule has 0 aromatic rings. The second kappa shape index (κ2) is 7.04. The number of ketones is 1. The van der Waals surface area contributed by atoms with Gasteiger partial charge in [-0.3, -0.25) is 9.69 Å². The van der Waals surface area contributed by atoms with E-state index in [0.29, 0.717) is 33.1 Å². The first kappa shape index (κ1) is 15.3. The third kappa shape index (κ3) is 3.70. The quantitative estimate of drug-likeness (QED) is 0.836. The highest BCUT2D eigenvalue weighted by atomic mass is 16.5. The Hall–Kier alpha value is -1.14. The van der Waals surface area contributed by atoms with Gasteiger partial charge in [-0.25, -0.2) is 4.79 Å². The third-order valence-electron chi connectivity index (χ3n) is 3.93. The van der Waals surface area contributed by atoms with Gasteiger partial charge in [0, 0.05) is 25.7 Å². The number of hydrogen-bond donors (Lipinski definition) is 1. The van der Waals surface area contributed by atoms with Crippen molar-refractivity contribution in [2.45, 2.75) is 32.7 Å². The summed E-state index contributed by atoms with van der Waals surface area (Å²) < 4.78 is 10.5. The second-order valence-corrected chi connectivity index (χ2v) is 5.73. The van der Waals surface area contributed by atoms with Crippen LogP contribution >= 0.6 is 0 Å². The zero-order valence-corrected chi connectivity index (χ0v) is 12.3. The van der Waals surface area contributed by atoms with Gasteiger partial charge in [0.05, 0.1) is 12.6 Å². The van der Waals surface area contributed by atoms with Crippen LogP contribution in [-0.2, 0) is 14.3 Å². The fourth-order valence-electron chi connectivity index (χ4n) is 2.63. The van der Waals surface area contributed by atoms with E-state index in [1.807, 2.05) is 13.8 Å². The van der Waals surface area contributed by atoms with E-state index in [1.165, 1.54) is 0 Å². The van der Waals surface area contributed by atoms with Crippen molar-refractivity contribution >= 4 is 11.8 Å². The third-order valence-corrected chi connectivity index (χ3v) is 3.93. The maximum atomic E-state index is 12.4. The Kier molecular flexibility index (Phi) is 5.37. The Morgan fingerprint density at radius 1 is 1.15 bits per heavy atom. The SMILES string of the molecule is CC(C)C(=O)C(NC(=O)N1CCOC1)C1CCOCC1. The van der Waals surface area contributed by atoms with E-state index >= 15 is 0 Å². The van der Waals surface area contributed by atoms with Crippen LogP contribution in [0.15, 0.2) is 0 Å². The van der Waals surface area contributed by atoms with Crippen molar-refractivity contribution in [3.05, 3.63) is 0 Å². The van der Waals surface area contributed by atoms with Crippen molar-refractivity contribution in [2.75, 3.05) is 33.1 Å². The van der Waals surface area contributed by atoms with Crippen LogP contribution in [0.2, 0.25) is 0 Å². The minimum atomic E-state index is -0.410. The second-order valence-electron chi connectivity index (χ2n) is 5.73. The van der Waals surface area contributed by atoms with Crippen molar-refractivity contribution in [2.24, 2.45) is 11.8 Å². The summed E-state index contributed by atoms with van der Waals surface area (Å²) in [6.07, 6.45) is 1.64. The average Bonchev–Trinajstić information content (AvgIpc) is 2.99. The number of hydrogen-bond acceptors (Lipinski definition) is 4. The number of Topliss-reactive ketones (excluding diaryl/α,β-unsaturated/α-hetero) is 1. The smallest absolute Gasteiger partial charge is 0.319 e. The lowest BCUT2D eigenvalue weighted by Crippen LogP contribution is -2.52. The van der Waals surface area contributed by atoms with Crippen LogP contribution < -0.4 is 5.32 Å². The molecule has 6 heteroatoms. The standard InChI is InChI=1S/C14H24N2O4/c1-10(2)13(17)12(11-3-6-19-7-4-11)15-14(18)16-5-8-20-9-16/h10-12H,3-9H2,1-2H3,(H,15,18). The molecule has 0 bridgehead atoms. The van der Waals surface area contributed by atoms with Crippen molar-refractivity contribution in [1.29, 1.82) is 0 Å². The molecule has 114 valence electrons. The zero-order valence-electron chi connectivity index (χ0n) is 12.3. The topological polar surface area (TPSA) is 67.9 Å². The van der Waals surface area contributed by atoms with E-state index < -0.39 is 6.04 Å². The highest BCUT2D eigenvalue weighted by Crippen LogP contribution is 2.22. The molecule has 0 saturated carbocycles. The van der Waals surface area contributed by atoms with Gasteiger partial charge >= 0.3 is 6.03 Å². The Morgan fingerprint density at radius 3 is 2.40 bits per heavy atom. The Balaban J connectivity index is 2.01. The van der Waals surface area contributed by atoms with E-state index in [0.717, 1.165) is 12.8 Å². The number of carbonyl (C=O) groups is 2. The van der Waals surface area contributed by atoms with Crippen molar-refractivity contribution < 1.29 is 19.1 Å². The van der Waals surface area contributed by atoms with Gasteiger partial charge in [0.15, 0.2) is 5.78 Å². The number of carbonyl (C=O) groups excluding carboxylic acids is 2. The van der Waals surface area contributed by atoms with Gasteiger partial charge in [-0.15, -0.1) is 0 Å². The maximum absolute atomic E-state index is 12.4. The first-order chi connectivity index (χ1) is 9.59. The molecule has 2 fully saturated rings. The summed E-state index contributed by atoms with van der Waals surface area (Å²) in [6, 6.07) is -0.611. The molecule has 6 nitrogen and oxygen atoms in total. The highest BCUT2D eigenvalue weighted by Gasteiger charge is 2.33. The van der Waals surface area contributed by atoms with Gasteiger partial charge in [0.25, 0.3) is 0 Å². The van der Waals surface area contributed by atoms with Crippen molar-refractivity contribution in [1.82, 2.24) is 10.2 Å². The summed E-state index contributed by atoms with van der Waals surface area (Å²) in [4.78, 5) is 26.2. The molecule has 0 spiro atoms. The minimum absolute atomic E-state index is 0.0852. The predicted molar refractivity (Wildman–Crippen MR) is 73.2 cm³/mol. The number of nitrogens with one attached hydrogen (secondary N) is 1. The van der Waals surface area contributed by atoms with E-state index in [-0.39, 0.29) is 23.7 Å². The lowest BCUT2D eigenvalue weighted by Gasteiger charge is -2.32. The summed E-state index contributed by atoms with van der Waals surface area (Å²) in [5.74, 6) is 0.189. The van der Waals surface area contributed by atoms with E-state index in [2.05, 4.69) is 5.32 Å². The Bertz CT molecular complexity index is 347. The number of amides is 2. The van der Waals surface area contributed by atoms with Crippen LogP contribution in [0.3, 0.4) is 0 Å². The average molecular weight is 284 g/mol. The lowest BCUT2D eigenvalue weighted by molar-refractivity contribution is -0.126. The number of ether oxygens (including phenoxy) is 2. The minimum Gasteiger partial charge on any atom is -0.381 e. The molecule has 20 heavy (non-hydrogen) atoms. The van der Waals surface area contributed by atoms with Gasteiger partial charge in [0.1, 0.15) is 6.73 Å². The first-order valence-electron chi connectivity index (χ1n) is 7.34. The molecule has 2 aliphatic rings. The van der Waals surface area contributed by atoms with Crippen LogP contribution in [0.25, 0.3) is 0 Å². The summed E-state index contributed by atoms with van der Waals surface area (Å²) in [5.41, 5.74) is 0. The fourth-order valence-corrected chi connectivity index (χ4v) is 2.63. The Labute approximate surface area is 119 Å². The Morgan fingerprint density at radius 2 is 1.85 bits per heavy atom. The molecule has 0 aliphatic carbocycles. The molecule has 2 saturated heterocycles. The fraction of sp³-hybridized carbons (Fsp3) is 0.857. The molecule has 2 rings (SSSR count). The van der Waals surface area contributed by atoms with Gasteiger partial charge in [-0.05, 0) is 18.8 Å². The molecule has 2 heterocycles. The molecule has 2 amide bonds. The van der Waals surface area contributed by atoms with Gasteiger partial charge in [-0.1, -0.05) is 13.8 Å². The summed E-state index contributed by atoms with van der Waals surface area (Å²) in [7, 11) is 0. The van der Waals surface area contributed by atoms with E-state index in [9.17, 15) is 9.59 Å². The van der Waals surface area contributed by atoms with Crippen LogP contribution in [0.1, 0.15) is 26.7 Å². The van der Waals surface area contributed by atoms with Crippen LogP contribution in [0.5, 0.6) is 0 Å². The van der Waals surface area contributed by atoms with Crippen LogP contribution in [-0.4, -0.2) is 55.9 Å². The van der Waals surface area contributed by atoms with E-state index in [4.69, 9.17) is 9.47 Å². The number of nitrogens with zero attached hydrogens (tertiary/aromatic N) is 1. The largest absolute Gasteiger partial charge is 0.381 e. The molecule has 0 aromatic heterocycles. The summed E-state index contributed by atoms with van der Waals surface area (Å²) in [6.45, 7) is 6.53. The first-order valence-corrected chi connectivity index (χ1v) is 7.34. The van der Waals surface area contributed by atoms with Crippen LogP contribution in [0.4, 0.5) is 4.79 Å². The molecule has 2 aliphatic heterocycles. The maximum Gasteiger partial charge on any atom is 0.319 e. The molecular weight excluding hydrogens is 260 g/mol. The molecule has 1 atom stereocenters. The van der Waals surface area contributed by atoms with Crippen LogP contribution in [0, 0.1) is 11.8 Å². The van der Waals surface area contributed by atoms with E-state index in [1.54, 1.807) is 4.90 Å². The molecular formula is C14H24N2O4. The molecule has 0 aromatic carbocycles. The highest BCUT2D eigenvalue weighted by molar-refractivity contribution is 5.90. The normalized spacial score (nSPS) is 22.1. The lowest BCUT2D eigenvalue weighted by atomic mass is 9.85. The summed E-state index contributed by atoms with van der Waals surface area (Å²) in [5, 5.41) is 2.91. The predicted octanol–water partition coefficient (Wildman–Crippen LogP) is 1.01. The molecule has 1 unspecified atom stereocenters. The zero-order chi connectivity index (χ0) is 14.5. The van der Waals surface area contributed by atoms with Gasteiger partial charge < -0.3 is 14.8 Å². The van der Waals surface area contributed by atoms with Crippen molar-refractivity contribution in [3.63, 3.8) is 0 Å². The van der Waals surface area contributed by atoms with Crippen molar-refractivity contribution in [3.8, 4) is 0 Å².